The Morgan fingerprint density at radius 1 is 1.04 bits per heavy atom. The Morgan fingerprint density at radius 2 is 1.67 bits per heavy atom. The summed E-state index contributed by atoms with van der Waals surface area (Å²) in [5.41, 5.74) is 0.681. The molecule has 2 N–H and O–H groups in total. The minimum absolute atomic E-state index is 0.00575. The monoisotopic (exact) mass is 325 g/mol. The number of benzene rings is 2. The van der Waals surface area contributed by atoms with Crippen molar-refractivity contribution in [2.45, 2.75) is 25.8 Å². The second-order valence-corrected chi connectivity index (χ2v) is 6.29. The van der Waals surface area contributed by atoms with Crippen molar-refractivity contribution in [1.29, 1.82) is 0 Å². The minimum atomic E-state index is 0.00575. The highest BCUT2D eigenvalue weighted by molar-refractivity contribution is 5.94. The first kappa shape index (κ1) is 16.5. The van der Waals surface area contributed by atoms with Gasteiger partial charge in [-0.3, -0.25) is 4.79 Å². The van der Waals surface area contributed by atoms with Crippen molar-refractivity contribution in [3.8, 4) is 11.5 Å². The molecule has 126 valence electrons. The van der Waals surface area contributed by atoms with Crippen LogP contribution in [0.1, 0.15) is 30.1 Å². The van der Waals surface area contributed by atoms with Gasteiger partial charge in [-0.15, -0.1) is 0 Å². The lowest BCUT2D eigenvalue weighted by Gasteiger charge is -2.28. The standard InChI is InChI=1S/C20H24N2O2/c1-2-22-14-12-17(13-15-22)21-20(23)16-8-10-19(11-9-16)24-18-6-4-3-5-7-18/h3-11,17H,2,12-15H2,1H3,(H,21,23)/p+1. The Balaban J connectivity index is 1.54. The number of carbonyl (C=O) groups excluding carboxylic acids is 1. The number of hydrogen-bond donors (Lipinski definition) is 2. The van der Waals surface area contributed by atoms with Gasteiger partial charge in [0.1, 0.15) is 11.5 Å². The van der Waals surface area contributed by atoms with Gasteiger partial charge in [0.2, 0.25) is 0 Å². The minimum Gasteiger partial charge on any atom is -0.457 e. The predicted octanol–water partition coefficient (Wildman–Crippen LogP) is 2.28. The van der Waals surface area contributed by atoms with Crippen LogP contribution in [0.15, 0.2) is 54.6 Å². The number of quaternary nitrogens is 1. The molecular formula is C20H25N2O2+. The Labute approximate surface area is 143 Å². The van der Waals surface area contributed by atoms with Gasteiger partial charge in [-0.25, -0.2) is 0 Å². The molecule has 4 heteroatoms. The average molecular weight is 325 g/mol. The molecule has 0 aliphatic carbocycles. The molecule has 0 saturated carbocycles. The number of hydrogen-bond acceptors (Lipinski definition) is 2. The molecule has 1 amide bonds. The number of rotatable bonds is 5. The van der Waals surface area contributed by atoms with Crippen molar-refractivity contribution in [3.63, 3.8) is 0 Å². The van der Waals surface area contributed by atoms with E-state index in [1.807, 2.05) is 54.6 Å². The summed E-state index contributed by atoms with van der Waals surface area (Å²) in [4.78, 5) is 14.0. The van der Waals surface area contributed by atoms with E-state index in [4.69, 9.17) is 4.74 Å². The second kappa shape index (κ2) is 7.97. The van der Waals surface area contributed by atoms with E-state index >= 15 is 0 Å². The Hall–Kier alpha value is -2.33. The van der Waals surface area contributed by atoms with Crippen LogP contribution < -0.4 is 15.0 Å². The van der Waals surface area contributed by atoms with Gasteiger partial charge in [0.15, 0.2) is 0 Å². The van der Waals surface area contributed by atoms with Gasteiger partial charge in [0.05, 0.1) is 19.6 Å². The normalized spacial score (nSPS) is 20.4. The van der Waals surface area contributed by atoms with Crippen LogP contribution in [-0.4, -0.2) is 31.6 Å². The zero-order valence-electron chi connectivity index (χ0n) is 14.1. The lowest BCUT2D eigenvalue weighted by Crippen LogP contribution is -3.13. The largest absolute Gasteiger partial charge is 0.457 e. The van der Waals surface area contributed by atoms with Gasteiger partial charge in [-0.1, -0.05) is 18.2 Å². The zero-order chi connectivity index (χ0) is 16.8. The molecule has 0 atom stereocenters. The second-order valence-electron chi connectivity index (χ2n) is 6.29. The van der Waals surface area contributed by atoms with E-state index < -0.39 is 0 Å². The molecule has 2 aromatic carbocycles. The number of piperidine rings is 1. The van der Waals surface area contributed by atoms with Crippen LogP contribution in [0.3, 0.4) is 0 Å². The molecule has 0 spiro atoms. The molecule has 3 rings (SSSR count). The van der Waals surface area contributed by atoms with Crippen LogP contribution in [0.5, 0.6) is 11.5 Å². The van der Waals surface area contributed by atoms with E-state index in [1.54, 1.807) is 4.90 Å². The lowest BCUT2D eigenvalue weighted by atomic mass is 10.0. The molecule has 0 aromatic heterocycles. The molecular weight excluding hydrogens is 300 g/mol. The van der Waals surface area contributed by atoms with E-state index in [2.05, 4.69) is 12.2 Å². The molecule has 1 fully saturated rings. The highest BCUT2D eigenvalue weighted by atomic mass is 16.5. The number of ether oxygens (including phenoxy) is 1. The Morgan fingerprint density at radius 3 is 2.29 bits per heavy atom. The summed E-state index contributed by atoms with van der Waals surface area (Å²) in [6.07, 6.45) is 2.12. The fraction of sp³-hybridized carbons (Fsp3) is 0.350. The fourth-order valence-corrected chi connectivity index (χ4v) is 3.09. The summed E-state index contributed by atoms with van der Waals surface area (Å²) in [7, 11) is 0. The third kappa shape index (κ3) is 4.36. The van der Waals surface area contributed by atoms with E-state index in [-0.39, 0.29) is 5.91 Å². The molecule has 4 nitrogen and oxygen atoms in total. The average Bonchev–Trinajstić information content (AvgIpc) is 2.64. The van der Waals surface area contributed by atoms with Gasteiger partial charge in [0.25, 0.3) is 5.91 Å². The number of para-hydroxylation sites is 1. The maximum Gasteiger partial charge on any atom is 0.251 e. The highest BCUT2D eigenvalue weighted by Crippen LogP contribution is 2.21. The third-order valence-corrected chi connectivity index (χ3v) is 4.62. The number of amides is 1. The van der Waals surface area contributed by atoms with Gasteiger partial charge in [-0.2, -0.15) is 0 Å². The van der Waals surface area contributed by atoms with Gasteiger partial charge in [0, 0.05) is 24.4 Å². The van der Waals surface area contributed by atoms with E-state index in [1.165, 1.54) is 6.54 Å². The van der Waals surface area contributed by atoms with Crippen LogP contribution in [0.25, 0.3) is 0 Å². The smallest absolute Gasteiger partial charge is 0.251 e. The van der Waals surface area contributed by atoms with Crippen molar-refractivity contribution < 1.29 is 14.4 Å². The first-order chi connectivity index (χ1) is 11.7. The summed E-state index contributed by atoms with van der Waals surface area (Å²) in [5.74, 6) is 1.53. The maximum absolute atomic E-state index is 12.4. The van der Waals surface area contributed by atoms with E-state index in [9.17, 15) is 4.79 Å². The topological polar surface area (TPSA) is 42.8 Å². The maximum atomic E-state index is 12.4. The summed E-state index contributed by atoms with van der Waals surface area (Å²) in [6.45, 7) is 5.67. The summed E-state index contributed by atoms with van der Waals surface area (Å²) >= 11 is 0. The lowest BCUT2D eigenvalue weighted by molar-refractivity contribution is -0.903. The van der Waals surface area contributed by atoms with Crippen molar-refractivity contribution >= 4 is 5.91 Å². The van der Waals surface area contributed by atoms with Crippen LogP contribution >= 0.6 is 0 Å². The molecule has 24 heavy (non-hydrogen) atoms. The molecule has 1 aliphatic rings. The van der Waals surface area contributed by atoms with E-state index in [0.29, 0.717) is 11.6 Å². The molecule has 1 heterocycles. The molecule has 1 saturated heterocycles. The van der Waals surface area contributed by atoms with E-state index in [0.717, 1.165) is 37.4 Å². The third-order valence-electron chi connectivity index (χ3n) is 4.62. The van der Waals surface area contributed by atoms with Gasteiger partial charge >= 0.3 is 0 Å². The zero-order valence-corrected chi connectivity index (χ0v) is 14.1. The van der Waals surface area contributed by atoms with Crippen molar-refractivity contribution in [2.24, 2.45) is 0 Å². The number of likely N-dealkylation sites (tertiary alicyclic amines) is 1. The van der Waals surface area contributed by atoms with Gasteiger partial charge < -0.3 is 15.0 Å². The van der Waals surface area contributed by atoms with Crippen molar-refractivity contribution in [2.75, 3.05) is 19.6 Å². The predicted molar refractivity (Wildman–Crippen MR) is 94.7 cm³/mol. The Bertz CT molecular complexity index is 647. The van der Waals surface area contributed by atoms with Crippen LogP contribution in [0.2, 0.25) is 0 Å². The SMILES string of the molecule is CC[NH+]1CCC(NC(=O)c2ccc(Oc3ccccc3)cc2)CC1. The number of nitrogens with one attached hydrogen (secondary N) is 2. The van der Waals surface area contributed by atoms with Crippen molar-refractivity contribution in [1.82, 2.24) is 5.32 Å². The fourth-order valence-electron chi connectivity index (χ4n) is 3.09. The summed E-state index contributed by atoms with van der Waals surface area (Å²) < 4.78 is 5.75. The van der Waals surface area contributed by atoms with Crippen molar-refractivity contribution in [3.05, 3.63) is 60.2 Å². The first-order valence-corrected chi connectivity index (χ1v) is 8.72. The first-order valence-electron chi connectivity index (χ1n) is 8.72. The van der Waals surface area contributed by atoms with Crippen LogP contribution in [0.4, 0.5) is 0 Å². The summed E-state index contributed by atoms with van der Waals surface area (Å²) in [6, 6.07) is 17.2. The molecule has 2 aromatic rings. The number of carbonyl (C=O) groups is 1. The molecule has 1 aliphatic heterocycles. The molecule has 0 radical (unpaired) electrons. The van der Waals surface area contributed by atoms with Gasteiger partial charge in [-0.05, 0) is 43.3 Å². The quantitative estimate of drug-likeness (QED) is 0.886. The molecule has 0 bridgehead atoms. The Kier molecular flexibility index (Phi) is 5.49. The molecule has 0 unspecified atom stereocenters. The van der Waals surface area contributed by atoms with Crippen LogP contribution in [0, 0.1) is 0 Å². The summed E-state index contributed by atoms with van der Waals surface area (Å²) in [5, 5.41) is 3.16. The highest BCUT2D eigenvalue weighted by Gasteiger charge is 2.22. The van der Waals surface area contributed by atoms with Crippen LogP contribution in [-0.2, 0) is 0 Å².